The van der Waals surface area contributed by atoms with Crippen LogP contribution in [0.4, 0.5) is 0 Å². The molecule has 0 saturated carbocycles. The first-order valence-electron chi connectivity index (χ1n) is 9.20. The van der Waals surface area contributed by atoms with Gasteiger partial charge in [-0.15, -0.1) is 10.2 Å². The third-order valence-electron chi connectivity index (χ3n) is 4.56. The van der Waals surface area contributed by atoms with E-state index in [1.54, 1.807) is 16.4 Å². The van der Waals surface area contributed by atoms with Gasteiger partial charge in [-0.2, -0.15) is 4.31 Å². The van der Waals surface area contributed by atoms with Gasteiger partial charge in [-0.25, -0.2) is 13.4 Å². The lowest BCUT2D eigenvalue weighted by atomic mass is 10.2. The first kappa shape index (κ1) is 20.5. The van der Waals surface area contributed by atoms with Gasteiger partial charge in [0.25, 0.3) is 0 Å². The molecule has 3 aromatic rings. The van der Waals surface area contributed by atoms with Crippen LogP contribution >= 0.6 is 27.7 Å². The smallest absolute Gasteiger partial charge is 0.247 e. The van der Waals surface area contributed by atoms with Crippen molar-refractivity contribution in [2.45, 2.75) is 34.9 Å². The van der Waals surface area contributed by atoms with E-state index in [0.717, 1.165) is 29.3 Å². The number of piperidine rings is 1. The second-order valence-electron chi connectivity index (χ2n) is 6.59. The topological polar surface area (TPSA) is 89.2 Å². The van der Waals surface area contributed by atoms with E-state index >= 15 is 0 Å². The quantitative estimate of drug-likeness (QED) is 0.470. The normalized spacial score (nSPS) is 15.5. The maximum atomic E-state index is 12.7. The average Bonchev–Trinajstić information content (AvgIpc) is 3.23. The van der Waals surface area contributed by atoms with Crippen molar-refractivity contribution in [1.29, 1.82) is 0 Å². The maximum Gasteiger partial charge on any atom is 0.247 e. The molecule has 0 amide bonds. The van der Waals surface area contributed by atoms with Gasteiger partial charge >= 0.3 is 0 Å². The molecule has 1 aromatic carbocycles. The van der Waals surface area contributed by atoms with Crippen LogP contribution in [0.15, 0.2) is 61.4 Å². The molecule has 0 spiro atoms. The summed E-state index contributed by atoms with van der Waals surface area (Å²) in [5.74, 6) is 1.40. The molecule has 1 fully saturated rings. The van der Waals surface area contributed by atoms with Crippen molar-refractivity contribution in [1.82, 2.24) is 19.5 Å². The van der Waals surface area contributed by atoms with E-state index in [1.807, 2.05) is 24.3 Å². The number of halogens is 1. The molecule has 29 heavy (non-hydrogen) atoms. The molecule has 4 rings (SSSR count). The average molecular weight is 495 g/mol. The number of benzene rings is 1. The highest BCUT2D eigenvalue weighted by Gasteiger charge is 2.26. The number of hydrogen-bond acceptors (Lipinski definition) is 7. The number of hydrogen-bond donors (Lipinski definition) is 0. The molecule has 152 valence electrons. The highest BCUT2D eigenvalue weighted by atomic mass is 79.9. The number of aromatic nitrogens is 3. The molecule has 10 heteroatoms. The zero-order valence-corrected chi connectivity index (χ0v) is 18.7. The van der Waals surface area contributed by atoms with Crippen molar-refractivity contribution in [3.63, 3.8) is 0 Å². The summed E-state index contributed by atoms with van der Waals surface area (Å²) < 4.78 is 33.6. The number of thioether (sulfide) groups is 1. The van der Waals surface area contributed by atoms with E-state index in [2.05, 4.69) is 31.1 Å². The molecule has 1 aliphatic rings. The van der Waals surface area contributed by atoms with Crippen LogP contribution in [-0.4, -0.2) is 41.0 Å². The third kappa shape index (κ3) is 4.88. The second-order valence-corrected chi connectivity index (χ2v) is 10.4. The van der Waals surface area contributed by atoms with Gasteiger partial charge < -0.3 is 4.42 Å². The molecule has 7 nitrogen and oxygen atoms in total. The molecular formula is C19H19BrN4O3S2. The van der Waals surface area contributed by atoms with E-state index in [4.69, 9.17) is 4.42 Å². The van der Waals surface area contributed by atoms with Crippen molar-refractivity contribution in [2.75, 3.05) is 13.1 Å². The van der Waals surface area contributed by atoms with Crippen molar-refractivity contribution < 1.29 is 12.8 Å². The fourth-order valence-electron chi connectivity index (χ4n) is 3.02. The van der Waals surface area contributed by atoms with Gasteiger partial charge in [0.15, 0.2) is 0 Å². The molecule has 1 aliphatic heterocycles. The lowest BCUT2D eigenvalue weighted by Crippen LogP contribution is -2.35. The number of rotatable bonds is 6. The van der Waals surface area contributed by atoms with Crippen molar-refractivity contribution in [3.8, 4) is 11.5 Å². The minimum absolute atomic E-state index is 0.235. The molecular weight excluding hydrogens is 476 g/mol. The van der Waals surface area contributed by atoms with E-state index in [0.29, 0.717) is 35.6 Å². The first-order valence-corrected chi connectivity index (χ1v) is 12.4. The van der Waals surface area contributed by atoms with Gasteiger partial charge in [-0.05, 0) is 49.2 Å². The van der Waals surface area contributed by atoms with E-state index in [-0.39, 0.29) is 4.90 Å². The second kappa shape index (κ2) is 8.95. The van der Waals surface area contributed by atoms with Gasteiger partial charge in [0, 0.05) is 29.3 Å². The van der Waals surface area contributed by atoms with E-state index in [9.17, 15) is 8.42 Å². The van der Waals surface area contributed by atoms with Crippen LogP contribution in [0.3, 0.4) is 0 Å². The molecule has 0 atom stereocenters. The summed E-state index contributed by atoms with van der Waals surface area (Å²) >= 11 is 4.81. The molecule has 0 N–H and O–H groups in total. The standard InChI is InChI=1S/C19H19BrN4O3S2/c20-15-6-4-14(5-7-15)19-23-22-17(27-19)13-28-18-9-8-16(12-21-18)29(25,26)24-10-2-1-3-11-24/h4-9,12H,1-3,10-11,13H2. The molecule has 0 radical (unpaired) electrons. The first-order chi connectivity index (χ1) is 14.0. The van der Waals surface area contributed by atoms with E-state index in [1.165, 1.54) is 18.0 Å². The Balaban J connectivity index is 1.39. The van der Waals surface area contributed by atoms with Crippen LogP contribution in [0, 0.1) is 0 Å². The third-order valence-corrected chi connectivity index (χ3v) is 7.90. The Hall–Kier alpha value is -1.75. The lowest BCUT2D eigenvalue weighted by molar-refractivity contribution is 0.346. The van der Waals surface area contributed by atoms with Crippen LogP contribution in [-0.2, 0) is 15.8 Å². The van der Waals surface area contributed by atoms with E-state index < -0.39 is 10.0 Å². The minimum atomic E-state index is -3.46. The van der Waals surface area contributed by atoms with Crippen molar-refractivity contribution >= 4 is 37.7 Å². The summed E-state index contributed by atoms with van der Waals surface area (Å²) in [5, 5.41) is 8.84. The number of nitrogens with zero attached hydrogens (tertiary/aromatic N) is 4. The predicted molar refractivity (Wildman–Crippen MR) is 114 cm³/mol. The minimum Gasteiger partial charge on any atom is -0.420 e. The molecule has 2 aromatic heterocycles. The summed E-state index contributed by atoms with van der Waals surface area (Å²) in [6.07, 6.45) is 4.33. The van der Waals surface area contributed by atoms with Gasteiger partial charge in [0.05, 0.1) is 10.8 Å². The Labute approximate surface area is 182 Å². The molecule has 0 unspecified atom stereocenters. The Bertz CT molecular complexity index is 1060. The largest absolute Gasteiger partial charge is 0.420 e. The maximum absolute atomic E-state index is 12.7. The Morgan fingerprint density at radius 2 is 1.79 bits per heavy atom. The van der Waals surface area contributed by atoms with Crippen LogP contribution in [0.2, 0.25) is 0 Å². The van der Waals surface area contributed by atoms with Crippen LogP contribution in [0.1, 0.15) is 25.2 Å². The van der Waals surface area contributed by atoms with Crippen LogP contribution in [0.5, 0.6) is 0 Å². The summed E-state index contributed by atoms with van der Waals surface area (Å²) in [5.41, 5.74) is 0.849. The van der Waals surface area contributed by atoms with Gasteiger partial charge in [0.2, 0.25) is 21.8 Å². The molecule has 1 saturated heterocycles. The summed E-state index contributed by atoms with van der Waals surface area (Å²) in [4.78, 5) is 4.53. The summed E-state index contributed by atoms with van der Waals surface area (Å²) in [6, 6.07) is 11.0. The SMILES string of the molecule is O=S(=O)(c1ccc(SCc2nnc(-c3ccc(Br)cc3)o2)nc1)N1CCCCC1. The number of sulfonamides is 1. The predicted octanol–water partition coefficient (Wildman–Crippen LogP) is 4.36. The zero-order chi connectivity index (χ0) is 20.3. The summed E-state index contributed by atoms with van der Waals surface area (Å²) in [6.45, 7) is 1.16. The van der Waals surface area contributed by atoms with Crippen LogP contribution < -0.4 is 0 Å². The fourth-order valence-corrected chi connectivity index (χ4v) is 5.42. The van der Waals surface area contributed by atoms with Gasteiger partial charge in [0.1, 0.15) is 4.90 Å². The van der Waals surface area contributed by atoms with Crippen molar-refractivity contribution in [2.24, 2.45) is 0 Å². The molecule has 0 bridgehead atoms. The monoisotopic (exact) mass is 494 g/mol. The lowest BCUT2D eigenvalue weighted by Gasteiger charge is -2.25. The summed E-state index contributed by atoms with van der Waals surface area (Å²) in [7, 11) is -3.46. The zero-order valence-electron chi connectivity index (χ0n) is 15.5. The van der Waals surface area contributed by atoms with Gasteiger partial charge in [-0.3, -0.25) is 0 Å². The molecule has 3 heterocycles. The molecule has 0 aliphatic carbocycles. The van der Waals surface area contributed by atoms with Crippen molar-refractivity contribution in [3.05, 3.63) is 53.0 Å². The highest BCUT2D eigenvalue weighted by molar-refractivity contribution is 9.10. The Morgan fingerprint density at radius 3 is 2.48 bits per heavy atom. The Morgan fingerprint density at radius 1 is 1.03 bits per heavy atom. The van der Waals surface area contributed by atoms with Gasteiger partial charge in [-0.1, -0.05) is 34.1 Å². The Kier molecular flexibility index (Phi) is 6.33. The highest BCUT2D eigenvalue weighted by Crippen LogP contribution is 2.26. The number of pyridine rings is 1. The van der Waals surface area contributed by atoms with Crippen LogP contribution in [0.25, 0.3) is 11.5 Å². The fraction of sp³-hybridized carbons (Fsp3) is 0.316.